The Balaban J connectivity index is 0.000000203. The Kier molecular flexibility index (Phi) is 7.04. The summed E-state index contributed by atoms with van der Waals surface area (Å²) < 4.78 is 13.9. The fourth-order valence-corrected chi connectivity index (χ4v) is 2.22. The molecule has 0 atom stereocenters. The normalized spacial score (nSPS) is 12.3. The summed E-state index contributed by atoms with van der Waals surface area (Å²) in [5, 5.41) is 10.1. The zero-order valence-electron chi connectivity index (χ0n) is 15.6. The fourth-order valence-electron chi connectivity index (χ4n) is 2.22. The number of imidazole rings is 1. The number of aromatic nitrogens is 4. The maximum atomic E-state index is 12.5. The predicted octanol–water partition coefficient (Wildman–Crippen LogP) is 2.99. The molecular formula is C18H24FN7O. The van der Waals surface area contributed by atoms with E-state index in [1.54, 1.807) is 19.2 Å². The van der Waals surface area contributed by atoms with E-state index in [4.69, 9.17) is 5.73 Å². The Morgan fingerprint density at radius 1 is 1.30 bits per heavy atom. The van der Waals surface area contributed by atoms with Gasteiger partial charge in [0, 0.05) is 25.4 Å². The molecule has 0 saturated heterocycles. The number of hydrogen-bond donors (Lipinski definition) is 3. The molecule has 1 fully saturated rings. The molecule has 0 unspecified atom stereocenters. The first-order valence-electron chi connectivity index (χ1n) is 8.75. The van der Waals surface area contributed by atoms with E-state index < -0.39 is 0 Å². The third-order valence-corrected chi connectivity index (χ3v) is 3.61. The molecule has 0 radical (unpaired) electrons. The first-order valence-corrected chi connectivity index (χ1v) is 8.75. The van der Waals surface area contributed by atoms with Crippen LogP contribution in [-0.4, -0.2) is 39.0 Å². The number of pyridine rings is 1. The topological polar surface area (TPSA) is 110 Å². The highest BCUT2D eigenvalue weighted by Crippen LogP contribution is 2.27. The molecule has 8 nitrogen and oxygen atoms in total. The van der Waals surface area contributed by atoms with Crippen molar-refractivity contribution in [1.82, 2.24) is 19.6 Å². The lowest BCUT2D eigenvalue weighted by molar-refractivity contribution is 0.111. The minimum Gasteiger partial charge on any atom is -0.386 e. The zero-order chi connectivity index (χ0) is 19.8. The summed E-state index contributed by atoms with van der Waals surface area (Å²) in [5.74, 6) is 0.0525. The smallest absolute Gasteiger partial charge is 0.177 e. The van der Waals surface area contributed by atoms with E-state index in [0.29, 0.717) is 35.2 Å². The second-order valence-electron chi connectivity index (χ2n) is 5.54. The first kappa shape index (κ1) is 20.1. The monoisotopic (exact) mass is 373 g/mol. The molecule has 1 saturated carbocycles. The van der Waals surface area contributed by atoms with Gasteiger partial charge in [-0.1, -0.05) is 13.8 Å². The maximum Gasteiger partial charge on any atom is 0.177 e. The molecule has 1 aliphatic carbocycles. The molecule has 0 aliphatic heterocycles. The van der Waals surface area contributed by atoms with Gasteiger partial charge in [-0.2, -0.15) is 0 Å². The average Bonchev–Trinajstić information content (AvgIpc) is 3.41. The largest absolute Gasteiger partial charge is 0.386 e. The summed E-state index contributed by atoms with van der Waals surface area (Å²) >= 11 is 0. The van der Waals surface area contributed by atoms with Crippen LogP contribution in [0, 0.1) is 5.82 Å². The number of nitrogens with two attached hydrogens (primary N) is 1. The van der Waals surface area contributed by atoms with Crippen LogP contribution in [0.25, 0.3) is 5.65 Å². The zero-order valence-corrected chi connectivity index (χ0v) is 15.6. The lowest BCUT2D eigenvalue weighted by Gasteiger charge is -2.06. The van der Waals surface area contributed by atoms with Crippen LogP contribution in [0.4, 0.5) is 21.6 Å². The third kappa shape index (κ3) is 5.13. The van der Waals surface area contributed by atoms with Gasteiger partial charge in [0.2, 0.25) is 0 Å². The third-order valence-electron chi connectivity index (χ3n) is 3.61. The Hall–Kier alpha value is -3.23. The van der Waals surface area contributed by atoms with E-state index in [9.17, 15) is 9.18 Å². The van der Waals surface area contributed by atoms with Gasteiger partial charge < -0.3 is 16.4 Å². The second-order valence-corrected chi connectivity index (χ2v) is 5.54. The Labute approximate surface area is 157 Å². The van der Waals surface area contributed by atoms with Gasteiger partial charge in [0.15, 0.2) is 17.8 Å². The Morgan fingerprint density at radius 2 is 2.04 bits per heavy atom. The van der Waals surface area contributed by atoms with Crippen molar-refractivity contribution in [1.29, 1.82) is 0 Å². The molecule has 1 aliphatic rings. The molecule has 144 valence electrons. The molecule has 27 heavy (non-hydrogen) atoms. The van der Waals surface area contributed by atoms with E-state index in [1.807, 2.05) is 13.8 Å². The SMILES string of the molecule is CC.CNc1ccncc1F.Nc1cc(NC2CC2)c2ncc(C=O)n2n1. The number of rotatable bonds is 4. The van der Waals surface area contributed by atoms with Crippen LogP contribution in [0.15, 0.2) is 30.7 Å². The first-order chi connectivity index (χ1) is 13.1. The number of anilines is 3. The van der Waals surface area contributed by atoms with Crippen LogP contribution >= 0.6 is 0 Å². The van der Waals surface area contributed by atoms with Crippen LogP contribution < -0.4 is 16.4 Å². The molecule has 9 heteroatoms. The lowest BCUT2D eigenvalue weighted by atomic mass is 10.4. The maximum absolute atomic E-state index is 12.5. The molecule has 0 amide bonds. The van der Waals surface area contributed by atoms with Gasteiger partial charge in [-0.25, -0.2) is 13.9 Å². The second kappa shape index (κ2) is 9.46. The van der Waals surface area contributed by atoms with Gasteiger partial charge in [-0.3, -0.25) is 9.78 Å². The quantitative estimate of drug-likeness (QED) is 0.603. The predicted molar refractivity (Wildman–Crippen MR) is 105 cm³/mol. The van der Waals surface area contributed by atoms with Crippen molar-refractivity contribution in [3.05, 3.63) is 42.2 Å². The number of nitrogens with one attached hydrogen (secondary N) is 2. The molecular weight excluding hydrogens is 349 g/mol. The summed E-state index contributed by atoms with van der Waals surface area (Å²) in [7, 11) is 1.67. The number of halogens is 1. The van der Waals surface area contributed by atoms with Crippen molar-refractivity contribution in [2.24, 2.45) is 0 Å². The lowest BCUT2D eigenvalue weighted by Crippen LogP contribution is -2.07. The Bertz CT molecular complexity index is 893. The molecule has 0 spiro atoms. The number of fused-ring (bicyclic) bond motifs is 1. The van der Waals surface area contributed by atoms with E-state index in [-0.39, 0.29) is 5.82 Å². The van der Waals surface area contributed by atoms with Crippen LogP contribution in [0.2, 0.25) is 0 Å². The number of carbonyl (C=O) groups is 1. The van der Waals surface area contributed by atoms with E-state index in [2.05, 4.69) is 25.7 Å². The molecule has 4 rings (SSSR count). The van der Waals surface area contributed by atoms with Crippen molar-refractivity contribution in [3.63, 3.8) is 0 Å². The van der Waals surface area contributed by atoms with Gasteiger partial charge in [-0.15, -0.1) is 5.10 Å². The van der Waals surface area contributed by atoms with E-state index in [0.717, 1.165) is 18.5 Å². The van der Waals surface area contributed by atoms with Crippen molar-refractivity contribution in [2.75, 3.05) is 23.4 Å². The summed E-state index contributed by atoms with van der Waals surface area (Å²) in [6, 6.07) is 3.83. The standard InChI is InChI=1S/C10H11N5O.C6H7FN2.C2H6/c11-9-3-8(13-6-1-2-6)10-12-4-7(5-16)15(10)14-9;1-8-6-2-3-9-4-5(6)7;1-2/h3-6,13H,1-2H2,(H2,11,14);2-4H,1H3,(H,8,9);1-2H3. The molecule has 4 N–H and O–H groups in total. The van der Waals surface area contributed by atoms with Crippen molar-refractivity contribution in [2.45, 2.75) is 32.7 Å². The molecule has 0 bridgehead atoms. The van der Waals surface area contributed by atoms with Crippen LogP contribution in [-0.2, 0) is 0 Å². The summed E-state index contributed by atoms with van der Waals surface area (Å²) in [5.41, 5.74) is 8.05. The summed E-state index contributed by atoms with van der Waals surface area (Å²) in [6.07, 6.45) is 7.24. The van der Waals surface area contributed by atoms with Gasteiger partial charge >= 0.3 is 0 Å². The summed E-state index contributed by atoms with van der Waals surface area (Å²) in [4.78, 5) is 18.5. The van der Waals surface area contributed by atoms with Gasteiger partial charge in [-0.05, 0) is 18.9 Å². The van der Waals surface area contributed by atoms with Crippen molar-refractivity contribution in [3.8, 4) is 0 Å². The average molecular weight is 373 g/mol. The van der Waals surface area contributed by atoms with Crippen molar-refractivity contribution < 1.29 is 9.18 Å². The van der Waals surface area contributed by atoms with E-state index in [1.165, 1.54) is 23.1 Å². The van der Waals surface area contributed by atoms with Crippen LogP contribution in [0.3, 0.4) is 0 Å². The molecule has 3 aromatic heterocycles. The molecule has 0 aromatic carbocycles. The van der Waals surface area contributed by atoms with Crippen LogP contribution in [0.1, 0.15) is 37.2 Å². The highest BCUT2D eigenvalue weighted by molar-refractivity contribution is 5.78. The Morgan fingerprint density at radius 3 is 2.59 bits per heavy atom. The molecule has 3 aromatic rings. The van der Waals surface area contributed by atoms with Crippen LogP contribution in [0.5, 0.6) is 0 Å². The highest BCUT2D eigenvalue weighted by Gasteiger charge is 2.22. The number of carbonyl (C=O) groups excluding carboxylic acids is 1. The number of nitrogen functional groups attached to an aromatic ring is 1. The minimum atomic E-state index is -0.319. The highest BCUT2D eigenvalue weighted by atomic mass is 19.1. The van der Waals surface area contributed by atoms with E-state index >= 15 is 0 Å². The fraction of sp³-hybridized carbons (Fsp3) is 0.333. The summed E-state index contributed by atoms with van der Waals surface area (Å²) in [6.45, 7) is 4.00. The number of aldehydes is 1. The molecule has 3 heterocycles. The number of hydrogen-bond acceptors (Lipinski definition) is 7. The minimum absolute atomic E-state index is 0.319. The van der Waals surface area contributed by atoms with Gasteiger partial charge in [0.1, 0.15) is 11.5 Å². The number of nitrogens with zero attached hydrogens (tertiary/aromatic N) is 4. The van der Waals surface area contributed by atoms with Gasteiger partial charge in [0.25, 0.3) is 0 Å². The van der Waals surface area contributed by atoms with Crippen molar-refractivity contribution >= 4 is 29.1 Å². The van der Waals surface area contributed by atoms with Gasteiger partial charge in [0.05, 0.1) is 23.8 Å².